The SMILES string of the molecule is CNS(=O)(=O)c1ccc(N)c(Nc2ccc(C)c(C)c2)c1. The first kappa shape index (κ1) is 15.3. The fourth-order valence-electron chi connectivity index (χ4n) is 1.90. The minimum Gasteiger partial charge on any atom is -0.397 e. The van der Waals surface area contributed by atoms with Crippen LogP contribution >= 0.6 is 0 Å². The van der Waals surface area contributed by atoms with Gasteiger partial charge in [0.1, 0.15) is 0 Å². The van der Waals surface area contributed by atoms with Crippen LogP contribution in [-0.2, 0) is 10.0 Å². The molecule has 6 heteroatoms. The van der Waals surface area contributed by atoms with Gasteiger partial charge in [0, 0.05) is 5.69 Å². The number of hydrogen-bond acceptors (Lipinski definition) is 4. The smallest absolute Gasteiger partial charge is 0.240 e. The second kappa shape index (κ2) is 5.75. The Balaban J connectivity index is 2.39. The van der Waals surface area contributed by atoms with Crippen molar-refractivity contribution in [2.75, 3.05) is 18.1 Å². The number of benzene rings is 2. The first-order valence-corrected chi connectivity index (χ1v) is 7.99. The van der Waals surface area contributed by atoms with Crippen molar-refractivity contribution >= 4 is 27.1 Å². The molecule has 0 spiro atoms. The van der Waals surface area contributed by atoms with Crippen LogP contribution in [0.25, 0.3) is 0 Å². The van der Waals surface area contributed by atoms with Gasteiger partial charge in [-0.15, -0.1) is 0 Å². The predicted octanol–water partition coefficient (Wildman–Crippen LogP) is 2.54. The molecule has 112 valence electrons. The van der Waals surface area contributed by atoms with Crippen LogP contribution in [0.5, 0.6) is 0 Å². The number of anilines is 3. The average molecular weight is 305 g/mol. The van der Waals surface area contributed by atoms with Crippen LogP contribution in [0.4, 0.5) is 17.1 Å². The zero-order valence-electron chi connectivity index (χ0n) is 12.3. The fraction of sp³-hybridized carbons (Fsp3) is 0.200. The van der Waals surface area contributed by atoms with Crippen molar-refractivity contribution in [1.82, 2.24) is 4.72 Å². The van der Waals surface area contributed by atoms with Gasteiger partial charge in [0.15, 0.2) is 0 Å². The summed E-state index contributed by atoms with van der Waals surface area (Å²) < 4.78 is 26.0. The van der Waals surface area contributed by atoms with Crippen LogP contribution in [0.3, 0.4) is 0 Å². The highest BCUT2D eigenvalue weighted by atomic mass is 32.2. The zero-order chi connectivity index (χ0) is 15.6. The molecule has 0 atom stereocenters. The number of nitrogens with two attached hydrogens (primary N) is 1. The van der Waals surface area contributed by atoms with E-state index in [1.807, 2.05) is 32.0 Å². The molecule has 0 aliphatic heterocycles. The largest absolute Gasteiger partial charge is 0.397 e. The maximum Gasteiger partial charge on any atom is 0.240 e. The van der Waals surface area contributed by atoms with Gasteiger partial charge in [-0.25, -0.2) is 13.1 Å². The molecule has 0 unspecified atom stereocenters. The molecule has 21 heavy (non-hydrogen) atoms. The van der Waals surface area contributed by atoms with Gasteiger partial charge in [-0.2, -0.15) is 0 Å². The summed E-state index contributed by atoms with van der Waals surface area (Å²) in [4.78, 5) is 0.172. The Hall–Kier alpha value is -2.05. The number of nitrogen functional groups attached to an aromatic ring is 1. The lowest BCUT2D eigenvalue weighted by Crippen LogP contribution is -2.18. The van der Waals surface area contributed by atoms with Gasteiger partial charge in [-0.05, 0) is 62.4 Å². The van der Waals surface area contributed by atoms with E-state index in [1.54, 1.807) is 6.07 Å². The highest BCUT2D eigenvalue weighted by Gasteiger charge is 2.13. The van der Waals surface area contributed by atoms with Gasteiger partial charge in [0.2, 0.25) is 10.0 Å². The van der Waals surface area contributed by atoms with Gasteiger partial charge < -0.3 is 11.1 Å². The Morgan fingerprint density at radius 3 is 2.33 bits per heavy atom. The van der Waals surface area contributed by atoms with Gasteiger partial charge in [0.25, 0.3) is 0 Å². The Labute approximate surface area is 125 Å². The van der Waals surface area contributed by atoms with E-state index in [-0.39, 0.29) is 4.90 Å². The lowest BCUT2D eigenvalue weighted by atomic mass is 10.1. The van der Waals surface area contributed by atoms with Crippen LogP contribution in [0, 0.1) is 13.8 Å². The third-order valence-electron chi connectivity index (χ3n) is 3.39. The summed E-state index contributed by atoms with van der Waals surface area (Å²) in [7, 11) is -2.11. The first-order chi connectivity index (χ1) is 9.83. The molecule has 2 aromatic rings. The molecular formula is C15H19N3O2S. The Bertz CT molecular complexity index is 770. The Morgan fingerprint density at radius 1 is 1.00 bits per heavy atom. The van der Waals surface area contributed by atoms with E-state index in [1.165, 1.54) is 24.7 Å². The second-order valence-electron chi connectivity index (χ2n) is 4.88. The van der Waals surface area contributed by atoms with Crippen LogP contribution in [-0.4, -0.2) is 15.5 Å². The molecule has 2 aromatic carbocycles. The summed E-state index contributed by atoms with van der Waals surface area (Å²) in [5.41, 5.74) is 10.2. The molecule has 0 saturated heterocycles. The molecule has 0 radical (unpaired) electrons. The van der Waals surface area contributed by atoms with Crippen molar-refractivity contribution in [1.29, 1.82) is 0 Å². The summed E-state index contributed by atoms with van der Waals surface area (Å²) in [6.07, 6.45) is 0. The molecule has 0 aliphatic rings. The molecule has 0 amide bonds. The summed E-state index contributed by atoms with van der Waals surface area (Å²) in [6.45, 7) is 4.05. The van der Waals surface area contributed by atoms with E-state index >= 15 is 0 Å². The number of sulfonamides is 1. The monoisotopic (exact) mass is 305 g/mol. The Morgan fingerprint density at radius 2 is 1.71 bits per heavy atom. The van der Waals surface area contributed by atoms with E-state index in [9.17, 15) is 8.42 Å². The average Bonchev–Trinajstić information content (AvgIpc) is 2.45. The summed E-state index contributed by atoms with van der Waals surface area (Å²) in [5, 5.41) is 3.16. The van der Waals surface area contributed by atoms with Crippen LogP contribution in [0.2, 0.25) is 0 Å². The summed E-state index contributed by atoms with van der Waals surface area (Å²) in [6, 6.07) is 10.5. The van der Waals surface area contributed by atoms with Crippen molar-refractivity contribution in [2.45, 2.75) is 18.7 Å². The first-order valence-electron chi connectivity index (χ1n) is 6.51. The van der Waals surface area contributed by atoms with Crippen LogP contribution in [0.15, 0.2) is 41.3 Å². The zero-order valence-corrected chi connectivity index (χ0v) is 13.1. The van der Waals surface area contributed by atoms with E-state index < -0.39 is 10.0 Å². The van der Waals surface area contributed by atoms with Gasteiger partial charge in [0.05, 0.1) is 16.3 Å². The molecule has 0 saturated carbocycles. The predicted molar refractivity (Wildman–Crippen MR) is 86.3 cm³/mol. The molecule has 0 bridgehead atoms. The normalized spacial score (nSPS) is 11.4. The molecule has 0 aliphatic carbocycles. The van der Waals surface area contributed by atoms with Crippen molar-refractivity contribution in [3.05, 3.63) is 47.5 Å². The highest BCUT2D eigenvalue weighted by Crippen LogP contribution is 2.27. The van der Waals surface area contributed by atoms with Crippen molar-refractivity contribution in [2.24, 2.45) is 0 Å². The molecule has 0 aromatic heterocycles. The van der Waals surface area contributed by atoms with Gasteiger partial charge in [-0.3, -0.25) is 0 Å². The molecule has 0 heterocycles. The molecule has 4 N–H and O–H groups in total. The Kier molecular flexibility index (Phi) is 4.20. The summed E-state index contributed by atoms with van der Waals surface area (Å²) in [5.74, 6) is 0. The minimum absolute atomic E-state index is 0.172. The second-order valence-corrected chi connectivity index (χ2v) is 6.77. The number of rotatable bonds is 4. The minimum atomic E-state index is -3.49. The molecular weight excluding hydrogens is 286 g/mol. The molecule has 0 fully saturated rings. The van der Waals surface area contributed by atoms with Crippen molar-refractivity contribution in [3.8, 4) is 0 Å². The lowest BCUT2D eigenvalue weighted by molar-refractivity contribution is 0.588. The topological polar surface area (TPSA) is 84.2 Å². The van der Waals surface area contributed by atoms with Gasteiger partial charge >= 0.3 is 0 Å². The van der Waals surface area contributed by atoms with Crippen molar-refractivity contribution in [3.63, 3.8) is 0 Å². The fourth-order valence-corrected chi connectivity index (χ4v) is 2.66. The van der Waals surface area contributed by atoms with Crippen LogP contribution < -0.4 is 15.8 Å². The maximum absolute atomic E-state index is 11.8. The standard InChI is InChI=1S/C15H19N3O2S/c1-10-4-5-12(8-11(10)2)18-15-9-13(6-7-14(15)16)21(19,20)17-3/h4-9,17-18H,16H2,1-3H3. The number of hydrogen-bond donors (Lipinski definition) is 3. The quantitative estimate of drug-likeness (QED) is 0.758. The third-order valence-corrected chi connectivity index (χ3v) is 4.80. The maximum atomic E-state index is 11.8. The highest BCUT2D eigenvalue weighted by molar-refractivity contribution is 7.89. The van der Waals surface area contributed by atoms with E-state index in [2.05, 4.69) is 10.0 Å². The molecule has 2 rings (SSSR count). The van der Waals surface area contributed by atoms with Crippen molar-refractivity contribution < 1.29 is 8.42 Å². The van der Waals surface area contributed by atoms with Gasteiger partial charge in [-0.1, -0.05) is 6.07 Å². The summed E-state index contributed by atoms with van der Waals surface area (Å²) >= 11 is 0. The number of aryl methyl sites for hydroxylation is 2. The van der Waals surface area contributed by atoms with E-state index in [4.69, 9.17) is 5.73 Å². The van der Waals surface area contributed by atoms with E-state index in [0.29, 0.717) is 11.4 Å². The third kappa shape index (κ3) is 3.34. The number of nitrogens with one attached hydrogen (secondary N) is 2. The lowest BCUT2D eigenvalue weighted by Gasteiger charge is -2.12. The van der Waals surface area contributed by atoms with E-state index in [0.717, 1.165) is 11.3 Å². The van der Waals surface area contributed by atoms with Crippen LogP contribution in [0.1, 0.15) is 11.1 Å². The molecule has 5 nitrogen and oxygen atoms in total.